The fourth-order valence-electron chi connectivity index (χ4n) is 9.13. The van der Waals surface area contributed by atoms with Crippen molar-refractivity contribution in [3.05, 3.63) is 156 Å². The molecule has 3 aliphatic carbocycles. The van der Waals surface area contributed by atoms with Gasteiger partial charge < -0.3 is 34.3 Å². The highest BCUT2D eigenvalue weighted by Crippen LogP contribution is 2.44. The van der Waals surface area contributed by atoms with Crippen molar-refractivity contribution in [3.63, 3.8) is 0 Å². The molecule has 0 aromatic heterocycles. The van der Waals surface area contributed by atoms with Crippen molar-refractivity contribution in [1.29, 1.82) is 0 Å². The van der Waals surface area contributed by atoms with Gasteiger partial charge >= 0.3 is 23.9 Å². The van der Waals surface area contributed by atoms with Gasteiger partial charge in [0.2, 0.25) is 0 Å². The number of allylic oxidation sites excluding steroid dienone is 2. The molecule has 8 rings (SSSR count). The Morgan fingerprint density at radius 1 is 0.477 bits per heavy atom. The summed E-state index contributed by atoms with van der Waals surface area (Å²) in [5, 5.41) is 29.7. The van der Waals surface area contributed by atoms with E-state index >= 15 is 0 Å². The molecule has 5 aromatic rings. The van der Waals surface area contributed by atoms with Crippen molar-refractivity contribution in [1.82, 2.24) is 0 Å². The molecule has 3 N–H and O–H groups in total. The zero-order chi connectivity index (χ0) is 66.3. The number of phenols is 3. The minimum absolute atomic E-state index is 0.0754. The lowest BCUT2D eigenvalue weighted by Crippen LogP contribution is -2.36. The summed E-state index contributed by atoms with van der Waals surface area (Å²) in [6.45, 7) is 38.1. The maximum Gasteiger partial charge on any atom is 0.316 e. The summed E-state index contributed by atoms with van der Waals surface area (Å²) in [6.07, 6.45) is 20.2. The molecule has 484 valence electrons. The third kappa shape index (κ3) is 22.6. The average molecular weight is 1210 g/mol. The molecule has 3 aliphatic rings. The van der Waals surface area contributed by atoms with Crippen LogP contribution in [0.4, 0.5) is 0 Å². The van der Waals surface area contributed by atoms with Crippen molar-refractivity contribution in [3.8, 4) is 23.0 Å². The van der Waals surface area contributed by atoms with Gasteiger partial charge in [-0.15, -0.1) is 0 Å². The van der Waals surface area contributed by atoms with Gasteiger partial charge in [-0.1, -0.05) is 135 Å². The van der Waals surface area contributed by atoms with Gasteiger partial charge in [0.15, 0.2) is 0 Å². The minimum atomic E-state index is -0.474. The van der Waals surface area contributed by atoms with E-state index in [1.165, 1.54) is 39.8 Å². The number of carbonyl (C=O) groups is 4. The van der Waals surface area contributed by atoms with E-state index in [0.717, 1.165) is 88.9 Å². The topological polar surface area (TPSA) is 166 Å². The van der Waals surface area contributed by atoms with Gasteiger partial charge in [-0.2, -0.15) is 0 Å². The van der Waals surface area contributed by atoms with Gasteiger partial charge in [0.25, 0.3) is 0 Å². The number of benzene rings is 5. The predicted octanol–water partition coefficient (Wildman–Crippen LogP) is 20.1. The summed E-state index contributed by atoms with van der Waals surface area (Å²) in [6, 6.07) is 33.8. The lowest BCUT2D eigenvalue weighted by atomic mass is 9.88. The van der Waals surface area contributed by atoms with Crippen LogP contribution in [0, 0.1) is 21.7 Å². The summed E-state index contributed by atoms with van der Waals surface area (Å²) in [5.74, 6) is 1.98. The van der Waals surface area contributed by atoms with Crippen molar-refractivity contribution in [2.45, 2.75) is 244 Å². The van der Waals surface area contributed by atoms with Crippen LogP contribution in [0.25, 0.3) is 10.8 Å². The Hall–Kier alpha value is -6.88. The Kier molecular flexibility index (Phi) is 28.8. The number of fused-ring (bicyclic) bond motifs is 2. The van der Waals surface area contributed by atoms with Crippen LogP contribution >= 0.6 is 0 Å². The molecule has 0 fully saturated rings. The second-order valence-electron chi connectivity index (χ2n) is 27.0. The Bertz CT molecular complexity index is 3000. The van der Waals surface area contributed by atoms with E-state index < -0.39 is 16.4 Å². The van der Waals surface area contributed by atoms with Crippen LogP contribution in [0.2, 0.25) is 0 Å². The van der Waals surface area contributed by atoms with Crippen molar-refractivity contribution in [2.75, 3.05) is 0 Å². The first-order chi connectivity index (χ1) is 41.1. The Labute approximate surface area is 529 Å². The first-order valence-electron chi connectivity index (χ1n) is 32.3. The smallest absolute Gasteiger partial charge is 0.316 e. The number of esters is 4. The zero-order valence-electron chi connectivity index (χ0n) is 57.2. The highest BCUT2D eigenvalue weighted by Gasteiger charge is 2.43. The number of phenolic OH excluding ortho intramolecular Hbond substituents is 3. The zero-order valence-corrected chi connectivity index (χ0v) is 57.2. The largest absolute Gasteiger partial charge is 0.508 e. The Morgan fingerprint density at radius 2 is 0.875 bits per heavy atom. The van der Waals surface area contributed by atoms with Gasteiger partial charge in [-0.3, -0.25) is 19.2 Å². The average Bonchev–Trinajstić information content (AvgIpc) is 3.22. The van der Waals surface area contributed by atoms with Crippen LogP contribution in [0.15, 0.2) is 133 Å². The Balaban J connectivity index is 0.000000278. The lowest BCUT2D eigenvalue weighted by Gasteiger charge is -2.33. The fourth-order valence-corrected chi connectivity index (χ4v) is 9.13. The highest BCUT2D eigenvalue weighted by molar-refractivity contribution is 5.84. The molecule has 88 heavy (non-hydrogen) atoms. The number of carbonyl (C=O) groups excluding carboxylic acids is 4. The third-order valence-corrected chi connectivity index (χ3v) is 18.3. The summed E-state index contributed by atoms with van der Waals surface area (Å²) < 4.78 is 22.2. The fraction of sp³-hybridized carbons (Fsp3) is 0.532. The van der Waals surface area contributed by atoms with E-state index in [0.29, 0.717) is 29.1 Å². The molecular formula is C77H110O11. The molecule has 0 radical (unpaired) electrons. The van der Waals surface area contributed by atoms with Crippen LogP contribution < -0.4 is 4.74 Å². The summed E-state index contributed by atoms with van der Waals surface area (Å²) in [5.41, 5.74) is 2.48. The predicted molar refractivity (Wildman–Crippen MR) is 360 cm³/mol. The lowest BCUT2D eigenvalue weighted by molar-refractivity contribution is -0.173. The van der Waals surface area contributed by atoms with E-state index in [-0.39, 0.29) is 51.7 Å². The summed E-state index contributed by atoms with van der Waals surface area (Å²) in [4.78, 5) is 47.7. The first kappa shape index (κ1) is 75.4. The van der Waals surface area contributed by atoms with Crippen LogP contribution in [-0.2, 0) is 45.4 Å². The SMILES string of the molecule is CCC(C)(C)C(=O)OC1(C)C=CCC1.CCC(C)(C)C(=O)OC1(C)C=CCC1.CCC(C)(C)C(=O)OC1(CC)CCc2ccccc21.CCC(C)(C)C(=O)Oc1ccc(O)cc1.CCC(C)c1ccc(O)cc1.CCC(C)c1ccc2cc(O)ccc2c1. The molecule has 11 heteroatoms. The molecule has 11 nitrogen and oxygen atoms in total. The quantitative estimate of drug-likeness (QED) is 0.0351. The van der Waals surface area contributed by atoms with E-state index in [4.69, 9.17) is 29.2 Å². The first-order valence-corrected chi connectivity index (χ1v) is 32.3. The number of aromatic hydroxyl groups is 3. The van der Waals surface area contributed by atoms with Gasteiger partial charge in [0.1, 0.15) is 39.8 Å². The molecule has 0 heterocycles. The second-order valence-corrected chi connectivity index (χ2v) is 27.0. The Morgan fingerprint density at radius 3 is 1.32 bits per heavy atom. The molecule has 5 aromatic carbocycles. The van der Waals surface area contributed by atoms with E-state index in [2.05, 4.69) is 83.2 Å². The molecule has 0 spiro atoms. The van der Waals surface area contributed by atoms with E-state index in [1.54, 1.807) is 36.4 Å². The van der Waals surface area contributed by atoms with Gasteiger partial charge in [0, 0.05) is 0 Å². The molecule has 5 unspecified atom stereocenters. The molecule has 0 aliphatic heterocycles. The second kappa shape index (κ2) is 33.6. The van der Waals surface area contributed by atoms with Crippen LogP contribution in [0.1, 0.15) is 243 Å². The van der Waals surface area contributed by atoms with Crippen molar-refractivity contribution in [2.24, 2.45) is 21.7 Å². The summed E-state index contributed by atoms with van der Waals surface area (Å²) >= 11 is 0. The van der Waals surface area contributed by atoms with Gasteiger partial charge in [0.05, 0.1) is 21.7 Å². The van der Waals surface area contributed by atoms with Gasteiger partial charge in [-0.05, 0) is 258 Å². The number of hydrogen-bond acceptors (Lipinski definition) is 11. The molecule has 5 atom stereocenters. The van der Waals surface area contributed by atoms with Crippen LogP contribution in [0.5, 0.6) is 23.0 Å². The number of aryl methyl sites for hydroxylation is 1. The monoisotopic (exact) mass is 1210 g/mol. The molecule has 0 saturated heterocycles. The van der Waals surface area contributed by atoms with Gasteiger partial charge in [-0.25, -0.2) is 0 Å². The van der Waals surface area contributed by atoms with Crippen molar-refractivity contribution >= 4 is 34.6 Å². The van der Waals surface area contributed by atoms with Crippen LogP contribution in [0.3, 0.4) is 0 Å². The number of hydrogen-bond donors (Lipinski definition) is 3. The molecule has 0 amide bonds. The maximum absolute atomic E-state index is 12.4. The summed E-state index contributed by atoms with van der Waals surface area (Å²) in [7, 11) is 0. The molecule has 0 bridgehead atoms. The maximum atomic E-state index is 12.4. The minimum Gasteiger partial charge on any atom is -0.508 e. The number of ether oxygens (including phenoxy) is 4. The van der Waals surface area contributed by atoms with Crippen molar-refractivity contribution < 1.29 is 53.4 Å². The normalized spacial score (nSPS) is 18.9. The van der Waals surface area contributed by atoms with E-state index in [9.17, 15) is 24.3 Å². The molecular weight excluding hydrogens is 1100 g/mol. The van der Waals surface area contributed by atoms with E-state index in [1.807, 2.05) is 133 Å². The third-order valence-electron chi connectivity index (χ3n) is 18.3. The highest BCUT2D eigenvalue weighted by atomic mass is 16.6. The standard InChI is InChI=1S/C17H24O2.C14H16O.C12H16O3.2C12H20O2.C10H14O/c1-5-16(3,4)15(18)19-17(6-2)12-11-13-9-7-8-10-14(13)17;1-3-10(2)11-4-5-13-9-14(15)7-6-12(13)8-11;1-4-12(2,3)11(14)15-10-7-5-9(13)6-8-10;2*1-5-11(2,3)10(13)14-12(4)8-6-7-9-12;1-3-8(2)9-4-6-10(11)7-5-9/h7-10H,5-6,11-12H2,1-4H3;4-10,15H,3H2,1-2H3;5-8,13H,4H2,1-3H3;2*6,8H,5,7,9H2,1-4H3;4-8,11H,3H2,1-2H3. The number of rotatable bonds is 17. The molecule has 0 saturated carbocycles. The van der Waals surface area contributed by atoms with Crippen LogP contribution in [-0.4, -0.2) is 50.4 Å².